The van der Waals surface area contributed by atoms with Crippen LogP contribution in [0.3, 0.4) is 0 Å². The second-order valence-electron chi connectivity index (χ2n) is 7.51. The first-order valence-corrected chi connectivity index (χ1v) is 11.0. The van der Waals surface area contributed by atoms with Crippen LogP contribution in [-0.4, -0.2) is 25.8 Å². The highest BCUT2D eigenvalue weighted by atomic mass is 32.1. The summed E-state index contributed by atoms with van der Waals surface area (Å²) in [6.07, 6.45) is 7.38. The van der Waals surface area contributed by atoms with Crippen LogP contribution in [-0.2, 0) is 24.3 Å². The van der Waals surface area contributed by atoms with E-state index in [1.807, 2.05) is 36.1 Å². The third kappa shape index (κ3) is 5.41. The van der Waals surface area contributed by atoms with Gasteiger partial charge in [-0.05, 0) is 43.2 Å². The van der Waals surface area contributed by atoms with Crippen LogP contribution in [0.1, 0.15) is 26.6 Å². The van der Waals surface area contributed by atoms with Crippen LogP contribution in [0, 0.1) is 13.8 Å². The molecule has 0 N–H and O–H groups in total. The molecule has 3 aromatic heterocycles. The number of amides is 1. The van der Waals surface area contributed by atoms with Crippen molar-refractivity contribution in [2.45, 2.75) is 33.4 Å². The minimum Gasteiger partial charge on any atom is -0.334 e. The van der Waals surface area contributed by atoms with E-state index < -0.39 is 0 Å². The van der Waals surface area contributed by atoms with Crippen LogP contribution in [0.25, 0.3) is 11.3 Å². The zero-order valence-corrected chi connectivity index (χ0v) is 18.5. The summed E-state index contributed by atoms with van der Waals surface area (Å²) in [5.74, 6) is 0.0673. The monoisotopic (exact) mass is 428 g/mol. The average molecular weight is 429 g/mol. The van der Waals surface area contributed by atoms with E-state index in [1.54, 1.807) is 36.1 Å². The number of pyridine rings is 2. The van der Waals surface area contributed by atoms with Crippen molar-refractivity contribution in [2.75, 3.05) is 0 Å². The number of nitrogens with zero attached hydrogens (tertiary/aromatic N) is 4. The van der Waals surface area contributed by atoms with Crippen molar-refractivity contribution >= 4 is 17.2 Å². The van der Waals surface area contributed by atoms with E-state index >= 15 is 0 Å². The minimum absolute atomic E-state index is 0.0673. The molecule has 31 heavy (non-hydrogen) atoms. The summed E-state index contributed by atoms with van der Waals surface area (Å²) in [6, 6.07) is 16.1. The van der Waals surface area contributed by atoms with Gasteiger partial charge < -0.3 is 4.90 Å². The minimum atomic E-state index is 0.0673. The molecule has 4 rings (SSSR count). The highest BCUT2D eigenvalue weighted by Gasteiger charge is 2.20. The molecule has 156 valence electrons. The van der Waals surface area contributed by atoms with Crippen molar-refractivity contribution in [3.8, 4) is 11.3 Å². The summed E-state index contributed by atoms with van der Waals surface area (Å²) in [5.41, 5.74) is 5.20. The molecule has 5 nitrogen and oxygen atoms in total. The second-order valence-corrected chi connectivity index (χ2v) is 8.80. The van der Waals surface area contributed by atoms with Crippen molar-refractivity contribution in [1.29, 1.82) is 0 Å². The lowest BCUT2D eigenvalue weighted by Crippen LogP contribution is -2.31. The lowest BCUT2D eigenvalue weighted by atomic mass is 10.1. The van der Waals surface area contributed by atoms with Crippen LogP contribution in [0.15, 0.2) is 73.3 Å². The number of carbonyl (C=O) groups excluding carboxylic acids is 1. The molecule has 0 unspecified atom stereocenters. The maximum Gasteiger partial charge on any atom is 0.228 e. The summed E-state index contributed by atoms with van der Waals surface area (Å²) in [7, 11) is 0. The summed E-state index contributed by atoms with van der Waals surface area (Å²) in [6.45, 7) is 5.08. The Kier molecular flexibility index (Phi) is 6.48. The number of hydrogen-bond donors (Lipinski definition) is 0. The van der Waals surface area contributed by atoms with E-state index in [0.717, 1.165) is 32.3 Å². The van der Waals surface area contributed by atoms with Crippen molar-refractivity contribution in [3.05, 3.63) is 99.9 Å². The molecule has 3 heterocycles. The van der Waals surface area contributed by atoms with Gasteiger partial charge in [-0.2, -0.15) is 0 Å². The van der Waals surface area contributed by atoms with Gasteiger partial charge in [-0.3, -0.25) is 14.8 Å². The topological polar surface area (TPSA) is 59.0 Å². The predicted octanol–water partition coefficient (Wildman–Crippen LogP) is 4.99. The van der Waals surface area contributed by atoms with Crippen molar-refractivity contribution < 1.29 is 4.79 Å². The first-order chi connectivity index (χ1) is 15.1. The molecular formula is C25H24N4OS. The smallest absolute Gasteiger partial charge is 0.228 e. The Morgan fingerprint density at radius 3 is 2.35 bits per heavy atom. The molecule has 0 saturated heterocycles. The lowest BCUT2D eigenvalue weighted by Gasteiger charge is -2.23. The van der Waals surface area contributed by atoms with Gasteiger partial charge in [-0.25, -0.2) is 4.98 Å². The van der Waals surface area contributed by atoms with E-state index in [9.17, 15) is 4.79 Å². The predicted molar refractivity (Wildman–Crippen MR) is 123 cm³/mol. The molecule has 0 aliphatic heterocycles. The maximum atomic E-state index is 13.4. The number of carbonyl (C=O) groups is 1. The Morgan fingerprint density at radius 1 is 0.903 bits per heavy atom. The molecule has 6 heteroatoms. The molecule has 0 atom stereocenters. The van der Waals surface area contributed by atoms with Gasteiger partial charge in [0.05, 0.1) is 17.1 Å². The van der Waals surface area contributed by atoms with E-state index in [-0.39, 0.29) is 5.91 Å². The molecule has 0 fully saturated rings. The number of hydrogen-bond acceptors (Lipinski definition) is 5. The molecule has 0 spiro atoms. The van der Waals surface area contributed by atoms with E-state index in [1.165, 1.54) is 5.56 Å². The number of rotatable bonds is 7. The van der Waals surface area contributed by atoms with Crippen LogP contribution in [0.2, 0.25) is 0 Å². The third-order valence-corrected chi connectivity index (χ3v) is 5.98. The summed E-state index contributed by atoms with van der Waals surface area (Å²) < 4.78 is 0. The quantitative estimate of drug-likeness (QED) is 0.416. The Hall–Kier alpha value is -3.38. The molecule has 0 saturated carbocycles. The van der Waals surface area contributed by atoms with Gasteiger partial charge in [0.15, 0.2) is 0 Å². The molecule has 1 aromatic carbocycles. The molecule has 4 aromatic rings. The molecule has 0 aliphatic rings. The number of aryl methyl sites for hydroxylation is 2. The highest BCUT2D eigenvalue weighted by molar-refractivity contribution is 7.12. The van der Waals surface area contributed by atoms with Gasteiger partial charge in [0, 0.05) is 48.3 Å². The van der Waals surface area contributed by atoms with Crippen LogP contribution in [0.4, 0.5) is 0 Å². The third-order valence-electron chi connectivity index (χ3n) is 5.01. The first-order valence-electron chi connectivity index (χ1n) is 10.2. The first kappa shape index (κ1) is 20.9. The molecule has 0 aliphatic carbocycles. The van der Waals surface area contributed by atoms with Gasteiger partial charge in [0.2, 0.25) is 5.91 Å². The fraction of sp³-hybridized carbons (Fsp3) is 0.200. The standard InChI is InChI=1S/C25H24N4OS/c1-18-5-7-22(8-6-18)25-23(31-19(2)28-25)14-24(30)29(16-20-9-12-26-13-10-20)17-21-4-3-11-27-15-21/h3-13,15H,14,16-17H2,1-2H3. The lowest BCUT2D eigenvalue weighted by molar-refractivity contribution is -0.131. The van der Waals surface area contributed by atoms with Crippen LogP contribution < -0.4 is 0 Å². The Balaban J connectivity index is 1.59. The number of aromatic nitrogens is 3. The largest absolute Gasteiger partial charge is 0.334 e. The van der Waals surface area contributed by atoms with Crippen molar-refractivity contribution in [1.82, 2.24) is 19.9 Å². The number of thiazole rings is 1. The maximum absolute atomic E-state index is 13.4. The summed E-state index contributed by atoms with van der Waals surface area (Å²) in [5, 5.41) is 0.964. The zero-order valence-electron chi connectivity index (χ0n) is 17.7. The molecule has 0 radical (unpaired) electrons. The molecule has 0 bridgehead atoms. The zero-order chi connectivity index (χ0) is 21.6. The van der Waals surface area contributed by atoms with Gasteiger partial charge in [-0.1, -0.05) is 35.9 Å². The SMILES string of the molecule is Cc1ccc(-c2nc(C)sc2CC(=O)N(Cc2ccncc2)Cc2cccnc2)cc1. The Bertz CT molecular complexity index is 1100. The fourth-order valence-electron chi connectivity index (χ4n) is 3.43. The number of benzene rings is 1. The Labute approximate surface area is 186 Å². The van der Waals surface area contributed by atoms with Crippen LogP contribution in [0.5, 0.6) is 0 Å². The molecular weight excluding hydrogens is 404 g/mol. The second kappa shape index (κ2) is 9.62. The summed E-state index contributed by atoms with van der Waals surface area (Å²) >= 11 is 1.59. The van der Waals surface area contributed by atoms with Crippen molar-refractivity contribution in [3.63, 3.8) is 0 Å². The average Bonchev–Trinajstić information content (AvgIpc) is 3.15. The van der Waals surface area contributed by atoms with Crippen molar-refractivity contribution in [2.24, 2.45) is 0 Å². The Morgan fingerprint density at radius 2 is 1.65 bits per heavy atom. The summed E-state index contributed by atoms with van der Waals surface area (Å²) in [4.78, 5) is 29.3. The van der Waals surface area contributed by atoms with E-state index in [4.69, 9.17) is 4.98 Å². The van der Waals surface area contributed by atoms with E-state index in [0.29, 0.717) is 19.5 Å². The van der Waals surface area contributed by atoms with Gasteiger partial charge >= 0.3 is 0 Å². The fourth-order valence-corrected chi connectivity index (χ4v) is 4.38. The van der Waals surface area contributed by atoms with Gasteiger partial charge in [0.1, 0.15) is 0 Å². The van der Waals surface area contributed by atoms with Gasteiger partial charge in [0.25, 0.3) is 0 Å². The van der Waals surface area contributed by atoms with Gasteiger partial charge in [-0.15, -0.1) is 11.3 Å². The van der Waals surface area contributed by atoms with E-state index in [2.05, 4.69) is 41.2 Å². The normalized spacial score (nSPS) is 10.8. The molecule has 1 amide bonds. The van der Waals surface area contributed by atoms with Crippen LogP contribution >= 0.6 is 11.3 Å². The highest BCUT2D eigenvalue weighted by Crippen LogP contribution is 2.29.